The number of rotatable bonds is 5. The molecule has 0 amide bonds. The summed E-state index contributed by atoms with van der Waals surface area (Å²) < 4.78 is 0. The molecule has 1 nitrogen and oxygen atoms in total. The van der Waals surface area contributed by atoms with E-state index < -0.39 is 0 Å². The summed E-state index contributed by atoms with van der Waals surface area (Å²) in [6.45, 7) is 8.84. The maximum Gasteiger partial charge on any atom is 0.0459 e. The van der Waals surface area contributed by atoms with Gasteiger partial charge in [0.2, 0.25) is 0 Å². The second kappa shape index (κ2) is 7.35. The molecule has 0 bridgehead atoms. The molecule has 0 spiro atoms. The molecule has 3 heteroatoms. The van der Waals surface area contributed by atoms with Crippen LogP contribution < -0.4 is 5.32 Å². The first kappa shape index (κ1) is 17.1. The lowest BCUT2D eigenvalue weighted by Crippen LogP contribution is -2.42. The summed E-state index contributed by atoms with van der Waals surface area (Å²) in [7, 11) is 0. The molecule has 1 saturated carbocycles. The fraction of sp³-hybridized carbons (Fsp3) is 0.667. The van der Waals surface area contributed by atoms with Gasteiger partial charge in [-0.15, -0.1) is 0 Å². The topological polar surface area (TPSA) is 12.0 Å². The van der Waals surface area contributed by atoms with E-state index >= 15 is 0 Å². The minimum atomic E-state index is 0.0941. The molecule has 118 valence electrons. The van der Waals surface area contributed by atoms with Crippen molar-refractivity contribution in [2.24, 2.45) is 11.8 Å². The van der Waals surface area contributed by atoms with Gasteiger partial charge >= 0.3 is 0 Å². The zero-order chi connectivity index (χ0) is 15.5. The molecule has 1 aliphatic carbocycles. The number of nitrogens with one attached hydrogen (secondary N) is 1. The largest absolute Gasteiger partial charge is 0.316 e. The third-order valence-electron chi connectivity index (χ3n) is 4.74. The Kier molecular flexibility index (Phi) is 5.99. The van der Waals surface area contributed by atoms with Gasteiger partial charge in [0.05, 0.1) is 0 Å². The SMILES string of the molecule is CC(C)CNCC1(c2c(Cl)cccc2Cl)CCC(C)CC1. The van der Waals surface area contributed by atoms with Crippen molar-refractivity contribution in [1.82, 2.24) is 5.32 Å². The van der Waals surface area contributed by atoms with Gasteiger partial charge in [0.25, 0.3) is 0 Å². The van der Waals surface area contributed by atoms with Crippen LogP contribution in [-0.2, 0) is 5.41 Å². The van der Waals surface area contributed by atoms with Gasteiger partial charge in [-0.25, -0.2) is 0 Å². The van der Waals surface area contributed by atoms with Crippen molar-refractivity contribution in [2.75, 3.05) is 13.1 Å². The molecule has 1 aromatic rings. The summed E-state index contributed by atoms with van der Waals surface area (Å²) in [5.74, 6) is 1.47. The Bertz CT molecular complexity index is 442. The van der Waals surface area contributed by atoms with Crippen LogP contribution in [0.25, 0.3) is 0 Å². The van der Waals surface area contributed by atoms with Gasteiger partial charge in [0, 0.05) is 22.0 Å². The Morgan fingerprint density at radius 3 is 2.29 bits per heavy atom. The number of benzene rings is 1. The van der Waals surface area contributed by atoms with E-state index in [1.165, 1.54) is 25.7 Å². The lowest BCUT2D eigenvalue weighted by Gasteiger charge is -2.41. The van der Waals surface area contributed by atoms with Crippen LogP contribution in [0, 0.1) is 11.8 Å². The van der Waals surface area contributed by atoms with Crippen LogP contribution in [0.1, 0.15) is 52.0 Å². The predicted molar refractivity (Wildman–Crippen MR) is 93.5 cm³/mol. The standard InChI is InChI=1S/C18H27Cl2N/c1-13(2)11-21-12-18(9-7-14(3)8-10-18)17-15(19)5-4-6-16(17)20/h4-6,13-14,21H,7-12H2,1-3H3. The molecule has 0 aliphatic heterocycles. The molecular formula is C18H27Cl2N. The van der Waals surface area contributed by atoms with Gasteiger partial charge in [-0.05, 0) is 61.8 Å². The number of halogens is 2. The predicted octanol–water partition coefficient (Wildman–Crippen LogP) is 5.69. The van der Waals surface area contributed by atoms with Crippen LogP contribution >= 0.6 is 23.2 Å². The summed E-state index contributed by atoms with van der Waals surface area (Å²) in [5.41, 5.74) is 1.26. The summed E-state index contributed by atoms with van der Waals surface area (Å²) in [4.78, 5) is 0. The van der Waals surface area contributed by atoms with E-state index in [1.807, 2.05) is 18.2 Å². The van der Waals surface area contributed by atoms with Crippen LogP contribution in [-0.4, -0.2) is 13.1 Å². The first-order chi connectivity index (χ1) is 9.94. The fourth-order valence-electron chi connectivity index (χ4n) is 3.43. The van der Waals surface area contributed by atoms with Crippen LogP contribution in [0.5, 0.6) is 0 Å². The highest BCUT2D eigenvalue weighted by Crippen LogP contribution is 2.46. The summed E-state index contributed by atoms with van der Waals surface area (Å²) in [5, 5.41) is 5.29. The van der Waals surface area contributed by atoms with E-state index in [1.54, 1.807) is 0 Å². The molecule has 0 radical (unpaired) electrons. The van der Waals surface area contributed by atoms with E-state index in [0.717, 1.165) is 34.6 Å². The van der Waals surface area contributed by atoms with Crippen LogP contribution in [0.2, 0.25) is 10.0 Å². The average molecular weight is 328 g/mol. The van der Waals surface area contributed by atoms with Gasteiger partial charge < -0.3 is 5.32 Å². The van der Waals surface area contributed by atoms with Crippen molar-refractivity contribution in [2.45, 2.75) is 51.9 Å². The molecule has 0 heterocycles. The van der Waals surface area contributed by atoms with Crippen LogP contribution in [0.15, 0.2) is 18.2 Å². The summed E-state index contributed by atoms with van der Waals surface area (Å²) >= 11 is 13.0. The third-order valence-corrected chi connectivity index (χ3v) is 5.37. The van der Waals surface area contributed by atoms with Gasteiger partial charge in [0.15, 0.2) is 0 Å². The average Bonchev–Trinajstić information content (AvgIpc) is 2.41. The molecule has 1 aliphatic rings. The number of hydrogen-bond acceptors (Lipinski definition) is 1. The van der Waals surface area contributed by atoms with E-state index in [2.05, 4.69) is 26.1 Å². The summed E-state index contributed by atoms with van der Waals surface area (Å²) in [6.07, 6.45) is 4.85. The smallest absolute Gasteiger partial charge is 0.0459 e. The van der Waals surface area contributed by atoms with Crippen molar-refractivity contribution in [3.05, 3.63) is 33.8 Å². The monoisotopic (exact) mass is 327 g/mol. The molecule has 0 unspecified atom stereocenters. The highest BCUT2D eigenvalue weighted by molar-refractivity contribution is 6.36. The van der Waals surface area contributed by atoms with Crippen LogP contribution in [0.4, 0.5) is 0 Å². The second-order valence-corrected chi connectivity index (χ2v) is 7.90. The molecule has 2 rings (SSSR count). The van der Waals surface area contributed by atoms with Gasteiger partial charge in [-0.3, -0.25) is 0 Å². The van der Waals surface area contributed by atoms with Crippen molar-refractivity contribution < 1.29 is 0 Å². The Morgan fingerprint density at radius 2 is 1.76 bits per heavy atom. The Hall–Kier alpha value is -0.240. The van der Waals surface area contributed by atoms with Gasteiger partial charge in [0.1, 0.15) is 0 Å². The maximum absolute atomic E-state index is 6.52. The Balaban J connectivity index is 2.27. The van der Waals surface area contributed by atoms with Crippen molar-refractivity contribution in [1.29, 1.82) is 0 Å². The first-order valence-electron chi connectivity index (χ1n) is 8.10. The molecule has 21 heavy (non-hydrogen) atoms. The highest BCUT2D eigenvalue weighted by atomic mass is 35.5. The molecule has 1 aromatic carbocycles. The molecule has 1 N–H and O–H groups in total. The van der Waals surface area contributed by atoms with Crippen molar-refractivity contribution in [3.8, 4) is 0 Å². The zero-order valence-electron chi connectivity index (χ0n) is 13.4. The van der Waals surface area contributed by atoms with E-state index in [0.29, 0.717) is 5.92 Å². The lowest BCUT2D eigenvalue weighted by atomic mass is 9.66. The molecule has 0 aromatic heterocycles. The fourth-order valence-corrected chi connectivity index (χ4v) is 4.23. The minimum absolute atomic E-state index is 0.0941. The van der Waals surface area contributed by atoms with Gasteiger partial charge in [-0.1, -0.05) is 50.0 Å². The van der Waals surface area contributed by atoms with Crippen molar-refractivity contribution in [3.63, 3.8) is 0 Å². The van der Waals surface area contributed by atoms with Gasteiger partial charge in [-0.2, -0.15) is 0 Å². The van der Waals surface area contributed by atoms with E-state index in [9.17, 15) is 0 Å². The maximum atomic E-state index is 6.52. The lowest BCUT2D eigenvalue weighted by molar-refractivity contribution is 0.232. The zero-order valence-corrected chi connectivity index (χ0v) is 14.9. The molecular weight excluding hydrogens is 301 g/mol. The highest BCUT2D eigenvalue weighted by Gasteiger charge is 2.38. The minimum Gasteiger partial charge on any atom is -0.316 e. The molecule has 0 atom stereocenters. The normalized spacial score (nSPS) is 26.3. The van der Waals surface area contributed by atoms with E-state index in [-0.39, 0.29) is 5.41 Å². The molecule has 0 saturated heterocycles. The first-order valence-corrected chi connectivity index (χ1v) is 8.85. The van der Waals surface area contributed by atoms with Crippen LogP contribution in [0.3, 0.4) is 0 Å². The Morgan fingerprint density at radius 1 is 1.19 bits per heavy atom. The quantitative estimate of drug-likeness (QED) is 0.732. The number of hydrogen-bond donors (Lipinski definition) is 1. The van der Waals surface area contributed by atoms with Crippen molar-refractivity contribution >= 4 is 23.2 Å². The molecule has 1 fully saturated rings. The van der Waals surface area contributed by atoms with E-state index in [4.69, 9.17) is 23.2 Å². The third kappa shape index (κ3) is 4.15. The Labute approximate surface area is 139 Å². The summed E-state index contributed by atoms with van der Waals surface area (Å²) in [6, 6.07) is 5.89. The second-order valence-electron chi connectivity index (χ2n) is 7.08.